The standard InChI is InChI=1S/C43H56N8O14/c1-21(2)15-29(49-42(63)36(23(4)52)51-41(62)30(46-24(5)53)16-25-11-7-6-8-12-25)39(60)48-31(18-34(54)55)38(59)45-22(3)37(58)47-32(19-35(56)57)40(61)50-33(43(64)65)17-26-20-44-28-14-10-9-13-27(26)28/h6-14,20-23,29-33,36,44,52H,15-19H2,1-5H3,(H,45,59)(H,46,53)(H,47,58)(H,48,60)(H,49,63)(H,50,61)(H,51,62)(H,54,55)(H,56,57)(H,64,65)/t22-,23+,29-,30-,31-,32-,33-,36-/m0/s1. The lowest BCUT2D eigenvalue weighted by Crippen LogP contribution is -2.61. The Labute approximate surface area is 373 Å². The molecule has 1 heterocycles. The van der Waals surface area contributed by atoms with E-state index in [0.717, 1.165) is 6.92 Å². The zero-order valence-corrected chi connectivity index (χ0v) is 36.4. The summed E-state index contributed by atoms with van der Waals surface area (Å²) in [6.45, 7) is 6.88. The van der Waals surface area contributed by atoms with Gasteiger partial charge in [-0.25, -0.2) is 4.79 Å². The van der Waals surface area contributed by atoms with Crippen molar-refractivity contribution in [3.8, 4) is 0 Å². The molecule has 22 heteroatoms. The van der Waals surface area contributed by atoms with E-state index in [-0.39, 0.29) is 25.2 Å². The van der Waals surface area contributed by atoms with Crippen LogP contribution in [0.25, 0.3) is 10.9 Å². The van der Waals surface area contributed by atoms with Gasteiger partial charge in [0.25, 0.3) is 0 Å². The number of carbonyl (C=O) groups is 10. The molecule has 3 aromatic rings. The number of para-hydroxylation sites is 1. The Bertz CT molecular complexity index is 2210. The first kappa shape index (κ1) is 52.0. The summed E-state index contributed by atoms with van der Waals surface area (Å²) in [7, 11) is 0. The van der Waals surface area contributed by atoms with Crippen molar-refractivity contribution in [1.29, 1.82) is 0 Å². The second-order valence-electron chi connectivity index (χ2n) is 15.9. The van der Waals surface area contributed by atoms with Gasteiger partial charge in [-0.05, 0) is 43.4 Å². The molecule has 0 radical (unpaired) electrons. The molecule has 0 bridgehead atoms. The van der Waals surface area contributed by atoms with Crippen LogP contribution in [0.1, 0.15) is 65.0 Å². The molecule has 0 aliphatic carbocycles. The number of benzene rings is 2. The molecule has 0 fully saturated rings. The van der Waals surface area contributed by atoms with E-state index in [0.29, 0.717) is 22.0 Å². The molecular weight excluding hydrogens is 853 g/mol. The summed E-state index contributed by atoms with van der Waals surface area (Å²) in [5, 5.41) is 56.4. The van der Waals surface area contributed by atoms with Gasteiger partial charge in [0.2, 0.25) is 41.4 Å². The van der Waals surface area contributed by atoms with Crippen molar-refractivity contribution in [2.75, 3.05) is 0 Å². The summed E-state index contributed by atoms with van der Waals surface area (Å²) in [6.07, 6.45) is -2.26. The predicted molar refractivity (Wildman–Crippen MR) is 230 cm³/mol. The minimum absolute atomic E-state index is 0.0324. The smallest absolute Gasteiger partial charge is 0.326 e. The highest BCUT2D eigenvalue weighted by Gasteiger charge is 2.36. The average Bonchev–Trinajstić information content (AvgIpc) is 3.63. The van der Waals surface area contributed by atoms with Crippen LogP contribution < -0.4 is 37.2 Å². The fourth-order valence-corrected chi connectivity index (χ4v) is 6.64. The van der Waals surface area contributed by atoms with Crippen LogP contribution in [0.2, 0.25) is 0 Å². The number of aliphatic hydroxyl groups excluding tert-OH is 1. The average molecular weight is 909 g/mol. The second-order valence-corrected chi connectivity index (χ2v) is 15.9. The Morgan fingerprint density at radius 2 is 1.06 bits per heavy atom. The first-order chi connectivity index (χ1) is 30.6. The molecule has 0 aliphatic heterocycles. The van der Waals surface area contributed by atoms with Crippen molar-refractivity contribution < 1.29 is 68.4 Å². The number of aromatic nitrogens is 1. The van der Waals surface area contributed by atoms with Crippen LogP contribution in [0.5, 0.6) is 0 Å². The topological polar surface area (TPSA) is 352 Å². The number of nitrogens with one attached hydrogen (secondary N) is 8. The zero-order chi connectivity index (χ0) is 48.5. The molecule has 0 saturated carbocycles. The molecule has 12 N–H and O–H groups in total. The van der Waals surface area contributed by atoms with Crippen LogP contribution in [0.4, 0.5) is 0 Å². The quantitative estimate of drug-likeness (QED) is 0.0478. The van der Waals surface area contributed by atoms with Gasteiger partial charge in [-0.2, -0.15) is 0 Å². The number of aliphatic carboxylic acids is 3. The van der Waals surface area contributed by atoms with Gasteiger partial charge < -0.3 is 62.6 Å². The van der Waals surface area contributed by atoms with Gasteiger partial charge in [0, 0.05) is 36.9 Å². The van der Waals surface area contributed by atoms with Gasteiger partial charge in [0.15, 0.2) is 0 Å². The summed E-state index contributed by atoms with van der Waals surface area (Å²) < 4.78 is 0. The summed E-state index contributed by atoms with van der Waals surface area (Å²) in [5.41, 5.74) is 1.91. The number of aromatic amines is 1. The van der Waals surface area contributed by atoms with Crippen molar-refractivity contribution in [3.05, 3.63) is 71.9 Å². The Hall–Kier alpha value is -7.36. The molecule has 22 nitrogen and oxygen atoms in total. The highest BCUT2D eigenvalue weighted by atomic mass is 16.4. The van der Waals surface area contributed by atoms with Crippen LogP contribution in [-0.4, -0.2) is 133 Å². The van der Waals surface area contributed by atoms with Gasteiger partial charge in [-0.1, -0.05) is 62.4 Å². The van der Waals surface area contributed by atoms with Crippen LogP contribution in [0.3, 0.4) is 0 Å². The number of carboxylic acids is 3. The van der Waals surface area contributed by atoms with Gasteiger partial charge in [-0.15, -0.1) is 0 Å². The fraction of sp³-hybridized carbons (Fsp3) is 0.442. The minimum Gasteiger partial charge on any atom is -0.481 e. The monoisotopic (exact) mass is 908 g/mol. The Morgan fingerprint density at radius 1 is 0.554 bits per heavy atom. The highest BCUT2D eigenvalue weighted by Crippen LogP contribution is 2.19. The van der Waals surface area contributed by atoms with Gasteiger partial charge >= 0.3 is 17.9 Å². The number of carboxylic acid groups (broad SMARTS) is 3. The lowest BCUT2D eigenvalue weighted by Gasteiger charge is -2.28. The summed E-state index contributed by atoms with van der Waals surface area (Å²) in [5.74, 6) is -11.8. The number of carbonyl (C=O) groups excluding carboxylic acids is 7. The third-order valence-electron chi connectivity index (χ3n) is 9.87. The lowest BCUT2D eigenvalue weighted by atomic mass is 10.0. The van der Waals surface area contributed by atoms with Crippen LogP contribution in [0.15, 0.2) is 60.8 Å². The van der Waals surface area contributed by atoms with Crippen molar-refractivity contribution in [1.82, 2.24) is 42.2 Å². The Kier molecular flexibility index (Phi) is 19.6. The number of amides is 7. The lowest BCUT2D eigenvalue weighted by molar-refractivity contribution is -0.143. The maximum Gasteiger partial charge on any atom is 0.326 e. The van der Waals surface area contributed by atoms with E-state index in [1.54, 1.807) is 74.6 Å². The minimum atomic E-state index is -1.87. The molecule has 2 aromatic carbocycles. The Morgan fingerprint density at radius 3 is 1.62 bits per heavy atom. The molecule has 0 spiro atoms. The number of fused-ring (bicyclic) bond motifs is 1. The van der Waals surface area contributed by atoms with E-state index < -0.39 is 120 Å². The zero-order valence-electron chi connectivity index (χ0n) is 36.4. The SMILES string of the molecule is CC(=O)N[C@@H](Cc1ccccc1)C(=O)N[C@H](C(=O)N[C@@H](CC(C)C)C(=O)N[C@@H](CC(=O)O)C(=O)N[C@@H](C)C(=O)N[C@@H](CC(=O)O)C(=O)N[C@@H](Cc1c[nH]c2ccccc12)C(=O)O)[C@@H](C)O. The van der Waals surface area contributed by atoms with Gasteiger partial charge in [0.1, 0.15) is 42.3 Å². The maximum atomic E-state index is 13.7. The number of aliphatic hydroxyl groups is 1. The third kappa shape index (κ3) is 16.7. The molecule has 1 aromatic heterocycles. The summed E-state index contributed by atoms with van der Waals surface area (Å²) in [4.78, 5) is 131. The number of hydrogen-bond donors (Lipinski definition) is 12. The van der Waals surface area contributed by atoms with E-state index in [9.17, 15) is 68.4 Å². The normalized spacial score (nSPS) is 14.8. The number of hydrogen-bond acceptors (Lipinski definition) is 11. The first-order valence-corrected chi connectivity index (χ1v) is 20.6. The highest BCUT2D eigenvalue weighted by molar-refractivity contribution is 5.99. The second kappa shape index (κ2) is 24.5. The predicted octanol–water partition coefficient (Wildman–Crippen LogP) is -1.15. The number of rotatable bonds is 25. The van der Waals surface area contributed by atoms with Crippen molar-refractivity contribution in [2.24, 2.45) is 5.92 Å². The molecule has 0 saturated heterocycles. The molecule has 3 rings (SSSR count). The largest absolute Gasteiger partial charge is 0.481 e. The molecular formula is C43H56N8O14. The molecule has 7 amide bonds. The van der Waals surface area contributed by atoms with E-state index in [2.05, 4.69) is 42.2 Å². The molecule has 0 aliphatic rings. The van der Waals surface area contributed by atoms with Crippen LogP contribution in [-0.2, 0) is 60.8 Å². The van der Waals surface area contributed by atoms with Crippen molar-refractivity contribution >= 4 is 70.2 Å². The molecule has 65 heavy (non-hydrogen) atoms. The summed E-state index contributed by atoms with van der Waals surface area (Å²) >= 11 is 0. The first-order valence-electron chi connectivity index (χ1n) is 20.6. The van der Waals surface area contributed by atoms with Crippen LogP contribution in [0, 0.1) is 5.92 Å². The molecule has 352 valence electrons. The maximum absolute atomic E-state index is 13.7. The van der Waals surface area contributed by atoms with E-state index in [1.807, 2.05) is 0 Å². The molecule has 0 unspecified atom stereocenters. The number of H-pyrrole nitrogens is 1. The van der Waals surface area contributed by atoms with Crippen molar-refractivity contribution in [2.45, 2.75) is 115 Å². The van der Waals surface area contributed by atoms with Gasteiger partial charge in [0.05, 0.1) is 18.9 Å². The van der Waals surface area contributed by atoms with E-state index >= 15 is 0 Å². The summed E-state index contributed by atoms with van der Waals surface area (Å²) in [6, 6.07) is 4.49. The van der Waals surface area contributed by atoms with Gasteiger partial charge in [-0.3, -0.25) is 43.2 Å². The molecule has 8 atom stereocenters. The van der Waals surface area contributed by atoms with Crippen molar-refractivity contribution in [3.63, 3.8) is 0 Å². The Balaban J connectivity index is 1.72. The van der Waals surface area contributed by atoms with Crippen LogP contribution >= 0.6 is 0 Å². The van der Waals surface area contributed by atoms with E-state index in [4.69, 9.17) is 0 Å². The third-order valence-corrected chi connectivity index (χ3v) is 9.87. The fourth-order valence-electron chi connectivity index (χ4n) is 6.64. The van der Waals surface area contributed by atoms with E-state index in [1.165, 1.54) is 13.8 Å².